The molecule has 2 aliphatic rings. The lowest BCUT2D eigenvalue weighted by Crippen LogP contribution is -2.58. The van der Waals surface area contributed by atoms with Crippen LogP contribution < -0.4 is 10.6 Å². The number of hydrogen-bond donors (Lipinski definition) is 2. The van der Waals surface area contributed by atoms with Crippen LogP contribution in [0.5, 0.6) is 0 Å². The lowest BCUT2D eigenvalue weighted by Gasteiger charge is -2.45. The van der Waals surface area contributed by atoms with Gasteiger partial charge in [0.1, 0.15) is 0 Å². The summed E-state index contributed by atoms with van der Waals surface area (Å²) in [5.41, 5.74) is 0.291. The molecule has 1 saturated heterocycles. The molecule has 0 amide bonds. The van der Waals surface area contributed by atoms with Crippen LogP contribution in [0.15, 0.2) is 4.99 Å². The van der Waals surface area contributed by atoms with Crippen molar-refractivity contribution in [1.82, 2.24) is 20.4 Å². The minimum atomic E-state index is 0. The number of halogens is 1. The first-order valence-electron chi connectivity index (χ1n) is 7.04. The molecular formula is C13H28IN5. The van der Waals surface area contributed by atoms with Crippen LogP contribution in [-0.2, 0) is 0 Å². The minimum Gasteiger partial charge on any atom is -0.356 e. The molecule has 2 heterocycles. The summed E-state index contributed by atoms with van der Waals surface area (Å²) in [7, 11) is 2.22. The lowest BCUT2D eigenvalue weighted by molar-refractivity contribution is 0.0412. The summed E-state index contributed by atoms with van der Waals surface area (Å²) >= 11 is 0. The van der Waals surface area contributed by atoms with Gasteiger partial charge >= 0.3 is 0 Å². The van der Waals surface area contributed by atoms with Crippen molar-refractivity contribution < 1.29 is 0 Å². The van der Waals surface area contributed by atoms with Crippen molar-refractivity contribution in [2.75, 3.05) is 52.9 Å². The molecule has 0 unspecified atom stereocenters. The van der Waals surface area contributed by atoms with E-state index in [1.54, 1.807) is 0 Å². The molecule has 0 aromatic carbocycles. The van der Waals surface area contributed by atoms with Crippen LogP contribution in [0.25, 0.3) is 0 Å². The van der Waals surface area contributed by atoms with Gasteiger partial charge in [0.15, 0.2) is 5.96 Å². The summed E-state index contributed by atoms with van der Waals surface area (Å²) in [5, 5.41) is 6.68. The van der Waals surface area contributed by atoms with Crippen LogP contribution in [0.3, 0.4) is 0 Å². The molecule has 6 heteroatoms. The Morgan fingerprint density at radius 2 is 2.16 bits per heavy atom. The van der Waals surface area contributed by atoms with E-state index < -0.39 is 0 Å². The summed E-state index contributed by atoms with van der Waals surface area (Å²) in [5.74, 6) is 0.981. The fourth-order valence-corrected chi connectivity index (χ4v) is 2.52. The molecule has 0 radical (unpaired) electrons. The van der Waals surface area contributed by atoms with Crippen LogP contribution in [-0.4, -0.2) is 74.2 Å². The van der Waals surface area contributed by atoms with Crippen LogP contribution in [0.1, 0.15) is 20.3 Å². The average molecular weight is 381 g/mol. The van der Waals surface area contributed by atoms with E-state index in [-0.39, 0.29) is 24.0 Å². The highest BCUT2D eigenvalue weighted by molar-refractivity contribution is 14.0. The molecule has 2 rings (SSSR count). The van der Waals surface area contributed by atoms with Gasteiger partial charge in [0, 0.05) is 51.4 Å². The zero-order valence-corrected chi connectivity index (χ0v) is 14.7. The average Bonchev–Trinajstić information content (AvgIpc) is 2.35. The van der Waals surface area contributed by atoms with E-state index in [1.807, 2.05) is 0 Å². The first-order valence-corrected chi connectivity index (χ1v) is 7.04. The Hall–Kier alpha value is -0.0800. The van der Waals surface area contributed by atoms with Gasteiger partial charge in [-0.05, 0) is 27.3 Å². The standard InChI is InChI=1S/C13H27N5.HI/c1-13(2)11-18(10-9-17(13)3)8-7-16-12-14-5-4-6-15-12;/h4-11H2,1-3H3,(H2,14,15,16);1H. The topological polar surface area (TPSA) is 42.9 Å². The maximum Gasteiger partial charge on any atom is 0.191 e. The maximum absolute atomic E-state index is 4.42. The molecule has 1 fully saturated rings. The number of rotatable bonds is 3. The monoisotopic (exact) mass is 381 g/mol. The number of hydrogen-bond acceptors (Lipinski definition) is 5. The normalized spacial score (nSPS) is 24.1. The molecule has 112 valence electrons. The molecule has 19 heavy (non-hydrogen) atoms. The van der Waals surface area contributed by atoms with Gasteiger partial charge in [0.25, 0.3) is 0 Å². The molecule has 2 aliphatic heterocycles. The SMILES string of the molecule is CN1CCN(CCNC2=NCCCN2)CC1(C)C.I. The number of nitrogens with zero attached hydrogens (tertiary/aromatic N) is 3. The molecule has 2 N–H and O–H groups in total. The number of guanidine groups is 1. The number of piperazine rings is 1. The van der Waals surface area contributed by atoms with Gasteiger partial charge in [0.2, 0.25) is 0 Å². The van der Waals surface area contributed by atoms with E-state index in [9.17, 15) is 0 Å². The molecule has 0 aromatic rings. The van der Waals surface area contributed by atoms with E-state index in [0.29, 0.717) is 5.54 Å². The van der Waals surface area contributed by atoms with Gasteiger partial charge < -0.3 is 10.6 Å². The minimum absolute atomic E-state index is 0. The Balaban J connectivity index is 0.00000180. The summed E-state index contributed by atoms with van der Waals surface area (Å²) in [6, 6.07) is 0. The van der Waals surface area contributed by atoms with Gasteiger partial charge in [-0.25, -0.2) is 0 Å². The first-order chi connectivity index (χ1) is 8.58. The second-order valence-electron chi connectivity index (χ2n) is 5.95. The molecule has 0 atom stereocenters. The molecule has 0 saturated carbocycles. The largest absolute Gasteiger partial charge is 0.356 e. The Morgan fingerprint density at radius 1 is 1.37 bits per heavy atom. The predicted molar refractivity (Wildman–Crippen MR) is 91.5 cm³/mol. The first kappa shape index (κ1) is 17.0. The van der Waals surface area contributed by atoms with Gasteiger partial charge in [0.05, 0.1) is 0 Å². The quantitative estimate of drug-likeness (QED) is 0.702. The van der Waals surface area contributed by atoms with E-state index in [4.69, 9.17) is 0 Å². The Kier molecular flexibility index (Phi) is 6.82. The summed E-state index contributed by atoms with van der Waals surface area (Å²) in [6.07, 6.45) is 1.15. The van der Waals surface area contributed by atoms with Crippen molar-refractivity contribution in [2.45, 2.75) is 25.8 Å². The molecule has 0 spiro atoms. The van der Waals surface area contributed by atoms with Gasteiger partial charge in [-0.1, -0.05) is 0 Å². The molecule has 0 aromatic heterocycles. The van der Waals surface area contributed by atoms with Gasteiger partial charge in [-0.3, -0.25) is 14.8 Å². The van der Waals surface area contributed by atoms with Gasteiger partial charge in [-0.15, -0.1) is 24.0 Å². The predicted octanol–water partition coefficient (Wildman–Crippen LogP) is 0.569. The van der Waals surface area contributed by atoms with Crippen LogP contribution in [0.4, 0.5) is 0 Å². The number of aliphatic imine (C=N–C) groups is 1. The molecular weight excluding hydrogens is 353 g/mol. The van der Waals surface area contributed by atoms with Crippen LogP contribution >= 0.6 is 24.0 Å². The van der Waals surface area contributed by atoms with Crippen molar-refractivity contribution in [3.8, 4) is 0 Å². The zero-order chi connectivity index (χ0) is 13.0. The second-order valence-corrected chi connectivity index (χ2v) is 5.95. The van der Waals surface area contributed by atoms with Crippen molar-refractivity contribution in [3.05, 3.63) is 0 Å². The summed E-state index contributed by atoms with van der Waals surface area (Å²) in [6.45, 7) is 12.2. The summed E-state index contributed by atoms with van der Waals surface area (Å²) in [4.78, 5) is 9.41. The third kappa shape index (κ3) is 5.07. The zero-order valence-electron chi connectivity index (χ0n) is 12.4. The highest BCUT2D eigenvalue weighted by Crippen LogP contribution is 2.18. The smallest absolute Gasteiger partial charge is 0.191 e. The molecule has 0 aliphatic carbocycles. The third-order valence-corrected chi connectivity index (χ3v) is 4.01. The summed E-state index contributed by atoms with van der Waals surface area (Å²) < 4.78 is 0. The van der Waals surface area contributed by atoms with E-state index >= 15 is 0 Å². The Labute approximate surface area is 134 Å². The fourth-order valence-electron chi connectivity index (χ4n) is 2.52. The van der Waals surface area contributed by atoms with Crippen molar-refractivity contribution in [1.29, 1.82) is 0 Å². The highest BCUT2D eigenvalue weighted by Gasteiger charge is 2.30. The Morgan fingerprint density at radius 3 is 2.79 bits per heavy atom. The Bertz CT molecular complexity index is 305. The van der Waals surface area contributed by atoms with Crippen molar-refractivity contribution >= 4 is 29.9 Å². The van der Waals surface area contributed by atoms with E-state index in [0.717, 1.165) is 51.6 Å². The molecule has 5 nitrogen and oxygen atoms in total. The number of likely N-dealkylation sites (N-methyl/N-ethyl adjacent to an activating group) is 1. The van der Waals surface area contributed by atoms with Gasteiger partial charge in [-0.2, -0.15) is 0 Å². The van der Waals surface area contributed by atoms with Crippen LogP contribution in [0.2, 0.25) is 0 Å². The highest BCUT2D eigenvalue weighted by atomic mass is 127. The van der Waals surface area contributed by atoms with Crippen molar-refractivity contribution in [3.63, 3.8) is 0 Å². The number of nitrogens with one attached hydrogen (secondary N) is 2. The van der Waals surface area contributed by atoms with Crippen molar-refractivity contribution in [2.24, 2.45) is 4.99 Å². The lowest BCUT2D eigenvalue weighted by atomic mass is 10.00. The third-order valence-electron chi connectivity index (χ3n) is 4.01. The molecule has 0 bridgehead atoms. The maximum atomic E-state index is 4.42. The fraction of sp³-hybridized carbons (Fsp3) is 0.923. The van der Waals surface area contributed by atoms with E-state index in [1.165, 1.54) is 6.54 Å². The second kappa shape index (κ2) is 7.64. The van der Waals surface area contributed by atoms with Crippen LogP contribution in [0, 0.1) is 0 Å². The van der Waals surface area contributed by atoms with E-state index in [2.05, 4.69) is 46.3 Å².